The zero-order chi connectivity index (χ0) is 24.8. The Morgan fingerprint density at radius 1 is 1.06 bits per heavy atom. The molecule has 184 valence electrons. The summed E-state index contributed by atoms with van der Waals surface area (Å²) in [5.74, 6) is 0.488. The molecule has 2 amide bonds. The topological polar surface area (TPSA) is 63.0 Å². The molecule has 3 aromatic rings. The first-order valence-electron chi connectivity index (χ1n) is 11.6. The normalized spacial score (nSPS) is 15.2. The van der Waals surface area contributed by atoms with Crippen LogP contribution in [0.25, 0.3) is 0 Å². The van der Waals surface area contributed by atoms with Crippen molar-refractivity contribution in [1.29, 1.82) is 0 Å². The fourth-order valence-corrected chi connectivity index (χ4v) is 4.31. The van der Waals surface area contributed by atoms with Crippen LogP contribution in [0.1, 0.15) is 40.3 Å². The van der Waals surface area contributed by atoms with Crippen molar-refractivity contribution in [2.75, 3.05) is 19.7 Å². The van der Waals surface area contributed by atoms with Crippen molar-refractivity contribution in [1.82, 2.24) is 9.80 Å². The highest BCUT2D eigenvalue weighted by atomic mass is 35.5. The second-order valence-corrected chi connectivity index (χ2v) is 9.16. The van der Waals surface area contributed by atoms with Gasteiger partial charge in [-0.15, -0.1) is 0 Å². The van der Waals surface area contributed by atoms with Gasteiger partial charge in [-0.25, -0.2) is 4.39 Å². The van der Waals surface area contributed by atoms with Gasteiger partial charge in [-0.3, -0.25) is 9.59 Å². The highest BCUT2D eigenvalue weighted by Crippen LogP contribution is 2.19. The summed E-state index contributed by atoms with van der Waals surface area (Å²) in [6, 6.07) is 16.4. The van der Waals surface area contributed by atoms with E-state index in [9.17, 15) is 14.0 Å². The Labute approximate surface area is 209 Å². The van der Waals surface area contributed by atoms with Gasteiger partial charge in [-0.05, 0) is 67.8 Å². The smallest absolute Gasteiger partial charge is 0.254 e. The van der Waals surface area contributed by atoms with E-state index in [0.29, 0.717) is 29.5 Å². The standard InChI is InChI=1S/C27H28ClFN2O4/c1-19-7-12-25(35-19)17-30(15-20-8-10-23(29)11-9-20)26(32)18-31(16-24-6-3-13-34-24)27(33)21-4-2-5-22(28)14-21/h2,4-5,7-12,14,24H,3,6,13,15-18H2,1H3. The highest BCUT2D eigenvalue weighted by Gasteiger charge is 2.27. The van der Waals surface area contributed by atoms with Gasteiger partial charge < -0.3 is 19.0 Å². The fraction of sp³-hybridized carbons (Fsp3) is 0.333. The molecular formula is C27H28ClFN2O4. The van der Waals surface area contributed by atoms with E-state index >= 15 is 0 Å². The minimum atomic E-state index is -0.344. The number of ether oxygens (including phenoxy) is 1. The molecule has 0 saturated carbocycles. The van der Waals surface area contributed by atoms with Crippen LogP contribution in [0.5, 0.6) is 0 Å². The summed E-state index contributed by atoms with van der Waals surface area (Å²) in [6.45, 7) is 3.13. The lowest BCUT2D eigenvalue weighted by Crippen LogP contribution is -2.45. The van der Waals surface area contributed by atoms with Crippen LogP contribution in [-0.4, -0.2) is 47.4 Å². The maximum Gasteiger partial charge on any atom is 0.254 e. The molecule has 0 bridgehead atoms. The number of hydrogen-bond acceptors (Lipinski definition) is 4. The first kappa shape index (κ1) is 24.9. The van der Waals surface area contributed by atoms with Crippen LogP contribution in [0.15, 0.2) is 65.1 Å². The van der Waals surface area contributed by atoms with Crippen molar-refractivity contribution in [3.63, 3.8) is 0 Å². The average Bonchev–Trinajstić information content (AvgIpc) is 3.50. The number of halogens is 2. The van der Waals surface area contributed by atoms with E-state index in [2.05, 4.69) is 0 Å². The van der Waals surface area contributed by atoms with E-state index in [-0.39, 0.29) is 43.4 Å². The second-order valence-electron chi connectivity index (χ2n) is 8.72. The van der Waals surface area contributed by atoms with Gasteiger partial charge in [0, 0.05) is 30.3 Å². The third kappa shape index (κ3) is 6.93. The molecule has 0 spiro atoms. The van der Waals surface area contributed by atoms with Crippen LogP contribution in [0.2, 0.25) is 5.02 Å². The van der Waals surface area contributed by atoms with Gasteiger partial charge in [-0.2, -0.15) is 0 Å². The van der Waals surface area contributed by atoms with Crippen LogP contribution in [0.4, 0.5) is 4.39 Å². The third-order valence-corrected chi connectivity index (χ3v) is 6.15. The molecular weight excluding hydrogens is 471 g/mol. The van der Waals surface area contributed by atoms with E-state index < -0.39 is 0 Å². The van der Waals surface area contributed by atoms with Gasteiger partial charge in [0.15, 0.2) is 0 Å². The lowest BCUT2D eigenvalue weighted by Gasteiger charge is -2.29. The minimum Gasteiger partial charge on any atom is -0.464 e. The van der Waals surface area contributed by atoms with E-state index in [1.807, 2.05) is 19.1 Å². The fourth-order valence-electron chi connectivity index (χ4n) is 4.12. The third-order valence-electron chi connectivity index (χ3n) is 5.92. The number of furan rings is 1. The quantitative estimate of drug-likeness (QED) is 0.405. The van der Waals surface area contributed by atoms with Gasteiger partial charge in [0.05, 0.1) is 12.6 Å². The van der Waals surface area contributed by atoms with Crippen molar-refractivity contribution in [3.05, 3.63) is 94.2 Å². The van der Waals surface area contributed by atoms with E-state index in [4.69, 9.17) is 20.8 Å². The van der Waals surface area contributed by atoms with Gasteiger partial charge in [0.1, 0.15) is 23.9 Å². The molecule has 4 rings (SSSR count). The van der Waals surface area contributed by atoms with Gasteiger partial charge >= 0.3 is 0 Å². The monoisotopic (exact) mass is 498 g/mol. The summed E-state index contributed by atoms with van der Waals surface area (Å²) in [5.41, 5.74) is 1.19. The molecule has 1 aromatic heterocycles. The van der Waals surface area contributed by atoms with Crippen LogP contribution in [0, 0.1) is 12.7 Å². The Morgan fingerprint density at radius 2 is 1.86 bits per heavy atom. The number of benzene rings is 2. The molecule has 1 aliphatic heterocycles. The molecule has 1 unspecified atom stereocenters. The largest absolute Gasteiger partial charge is 0.464 e. The molecule has 6 nitrogen and oxygen atoms in total. The first-order chi connectivity index (χ1) is 16.9. The molecule has 1 atom stereocenters. The zero-order valence-electron chi connectivity index (χ0n) is 19.6. The lowest BCUT2D eigenvalue weighted by molar-refractivity contribution is -0.133. The summed E-state index contributed by atoms with van der Waals surface area (Å²) in [5, 5.41) is 0.449. The molecule has 35 heavy (non-hydrogen) atoms. The van der Waals surface area contributed by atoms with Crippen LogP contribution in [-0.2, 0) is 22.6 Å². The summed E-state index contributed by atoms with van der Waals surface area (Å²) in [6.07, 6.45) is 1.63. The number of aryl methyl sites for hydroxylation is 1. The molecule has 1 saturated heterocycles. The van der Waals surface area contributed by atoms with Gasteiger partial charge in [-0.1, -0.05) is 29.8 Å². The second kappa shape index (κ2) is 11.5. The number of carbonyl (C=O) groups excluding carboxylic acids is 2. The number of rotatable bonds is 9. The first-order valence-corrected chi connectivity index (χ1v) is 12.0. The maximum absolute atomic E-state index is 13.6. The van der Waals surface area contributed by atoms with Crippen molar-refractivity contribution < 1.29 is 23.1 Å². The summed E-state index contributed by atoms with van der Waals surface area (Å²) in [7, 11) is 0. The highest BCUT2D eigenvalue weighted by molar-refractivity contribution is 6.31. The molecule has 1 aliphatic rings. The van der Waals surface area contributed by atoms with E-state index in [1.165, 1.54) is 17.0 Å². The Bertz CT molecular complexity index is 1160. The van der Waals surface area contributed by atoms with Crippen LogP contribution < -0.4 is 0 Å². The van der Waals surface area contributed by atoms with Crippen molar-refractivity contribution in [2.45, 2.75) is 39.0 Å². The Balaban J connectivity index is 1.56. The average molecular weight is 499 g/mol. The Kier molecular flexibility index (Phi) is 8.21. The number of nitrogens with zero attached hydrogens (tertiary/aromatic N) is 2. The molecule has 0 aliphatic carbocycles. The SMILES string of the molecule is Cc1ccc(CN(Cc2ccc(F)cc2)C(=O)CN(CC2CCCO2)C(=O)c2cccc(Cl)c2)o1. The van der Waals surface area contributed by atoms with Crippen LogP contribution >= 0.6 is 11.6 Å². The predicted octanol–water partition coefficient (Wildman–Crippen LogP) is 5.23. The van der Waals surface area contributed by atoms with Gasteiger partial charge in [0.2, 0.25) is 5.91 Å². The molecule has 2 aromatic carbocycles. The molecule has 2 heterocycles. The number of amides is 2. The maximum atomic E-state index is 13.6. The van der Waals surface area contributed by atoms with E-state index in [0.717, 1.165) is 24.2 Å². The Hall–Kier alpha value is -3.16. The summed E-state index contributed by atoms with van der Waals surface area (Å²) < 4.78 is 24.9. The molecule has 0 radical (unpaired) electrons. The number of carbonyl (C=O) groups is 2. The van der Waals surface area contributed by atoms with Crippen LogP contribution in [0.3, 0.4) is 0 Å². The summed E-state index contributed by atoms with van der Waals surface area (Å²) >= 11 is 6.11. The summed E-state index contributed by atoms with van der Waals surface area (Å²) in [4.78, 5) is 30.1. The van der Waals surface area contributed by atoms with Crippen molar-refractivity contribution >= 4 is 23.4 Å². The lowest BCUT2D eigenvalue weighted by atomic mass is 10.1. The van der Waals surface area contributed by atoms with Gasteiger partial charge in [0.25, 0.3) is 5.91 Å². The predicted molar refractivity (Wildman–Crippen MR) is 130 cm³/mol. The number of hydrogen-bond donors (Lipinski definition) is 0. The Morgan fingerprint density at radius 3 is 2.51 bits per heavy atom. The molecule has 0 N–H and O–H groups in total. The zero-order valence-corrected chi connectivity index (χ0v) is 20.3. The molecule has 1 fully saturated rings. The molecule has 8 heteroatoms. The van der Waals surface area contributed by atoms with Crippen molar-refractivity contribution in [2.24, 2.45) is 0 Å². The van der Waals surface area contributed by atoms with E-state index in [1.54, 1.807) is 41.3 Å². The minimum absolute atomic E-state index is 0.121. The van der Waals surface area contributed by atoms with Crippen molar-refractivity contribution in [3.8, 4) is 0 Å².